The molecular weight excluding hydrogens is 179 g/mol. The third-order valence-electron chi connectivity index (χ3n) is 1.48. The number of hydrogen-bond acceptors (Lipinski definition) is 1. The van der Waals surface area contributed by atoms with Crippen molar-refractivity contribution in [3.8, 4) is 5.75 Å². The van der Waals surface area contributed by atoms with Crippen molar-refractivity contribution in [3.05, 3.63) is 34.6 Å². The molecule has 0 amide bonds. The standard InChI is InChI=1S/C8H6ClOP/c9-7-2-1-6-3-4-11-10-8(6)5-7/h1-5,11H. The minimum atomic E-state index is 0.426. The van der Waals surface area contributed by atoms with Crippen LogP contribution in [0.2, 0.25) is 5.02 Å². The van der Waals surface area contributed by atoms with Gasteiger partial charge in [0.2, 0.25) is 0 Å². The molecule has 3 heteroatoms. The maximum absolute atomic E-state index is 5.78. The highest BCUT2D eigenvalue weighted by atomic mass is 35.5. The summed E-state index contributed by atoms with van der Waals surface area (Å²) in [6.45, 7) is 0. The fraction of sp³-hybridized carbons (Fsp3) is 0. The largest absolute Gasteiger partial charge is 0.472 e. The Morgan fingerprint density at radius 1 is 1.36 bits per heavy atom. The summed E-state index contributed by atoms with van der Waals surface area (Å²) in [5, 5.41) is 0.726. The lowest BCUT2D eigenvalue weighted by Crippen LogP contribution is -1.85. The first kappa shape index (κ1) is 7.15. The summed E-state index contributed by atoms with van der Waals surface area (Å²) in [6, 6.07) is 5.66. The molecule has 1 heterocycles. The molecule has 0 bridgehead atoms. The van der Waals surface area contributed by atoms with Crippen molar-refractivity contribution in [2.45, 2.75) is 0 Å². The average Bonchev–Trinajstić information content (AvgIpc) is 2.04. The molecule has 1 nitrogen and oxygen atoms in total. The fourth-order valence-corrected chi connectivity index (χ4v) is 1.74. The van der Waals surface area contributed by atoms with Gasteiger partial charge in [0.05, 0.1) is 8.81 Å². The smallest absolute Gasteiger partial charge is 0.132 e. The van der Waals surface area contributed by atoms with Crippen LogP contribution in [0.3, 0.4) is 0 Å². The Hall–Kier alpha value is -0.520. The van der Waals surface area contributed by atoms with Crippen molar-refractivity contribution in [2.75, 3.05) is 0 Å². The lowest BCUT2D eigenvalue weighted by molar-refractivity contribution is 0.634. The predicted octanol–water partition coefficient (Wildman–Crippen LogP) is 3.30. The van der Waals surface area contributed by atoms with E-state index in [4.69, 9.17) is 16.1 Å². The van der Waals surface area contributed by atoms with Gasteiger partial charge in [-0.05, 0) is 30.1 Å². The van der Waals surface area contributed by atoms with Crippen molar-refractivity contribution in [3.63, 3.8) is 0 Å². The van der Waals surface area contributed by atoms with Crippen molar-refractivity contribution in [2.24, 2.45) is 0 Å². The van der Waals surface area contributed by atoms with Gasteiger partial charge < -0.3 is 4.52 Å². The minimum absolute atomic E-state index is 0.426. The van der Waals surface area contributed by atoms with E-state index in [1.807, 2.05) is 30.1 Å². The fourth-order valence-electron chi connectivity index (χ4n) is 0.956. The van der Waals surface area contributed by atoms with Gasteiger partial charge >= 0.3 is 0 Å². The molecule has 56 valence electrons. The maximum Gasteiger partial charge on any atom is 0.132 e. The second-order valence-corrected chi connectivity index (χ2v) is 3.44. The van der Waals surface area contributed by atoms with E-state index in [1.54, 1.807) is 0 Å². The Bertz CT molecular complexity index is 309. The van der Waals surface area contributed by atoms with Gasteiger partial charge in [0.15, 0.2) is 0 Å². The molecule has 1 unspecified atom stereocenters. The number of halogens is 1. The van der Waals surface area contributed by atoms with Crippen LogP contribution < -0.4 is 4.52 Å². The monoisotopic (exact) mass is 184 g/mol. The third kappa shape index (κ3) is 1.40. The van der Waals surface area contributed by atoms with E-state index in [1.165, 1.54) is 0 Å². The van der Waals surface area contributed by atoms with Gasteiger partial charge in [-0.25, -0.2) is 0 Å². The quantitative estimate of drug-likeness (QED) is 0.562. The molecule has 0 radical (unpaired) electrons. The van der Waals surface area contributed by atoms with Gasteiger partial charge in [0.25, 0.3) is 0 Å². The first-order valence-corrected chi connectivity index (χ1v) is 4.61. The molecule has 0 aromatic heterocycles. The van der Waals surface area contributed by atoms with Gasteiger partial charge in [-0.1, -0.05) is 11.6 Å². The summed E-state index contributed by atoms with van der Waals surface area (Å²) < 4.78 is 5.36. The molecule has 0 aliphatic carbocycles. The predicted molar refractivity (Wildman–Crippen MR) is 49.4 cm³/mol. The van der Waals surface area contributed by atoms with Crippen LogP contribution in [-0.2, 0) is 0 Å². The summed E-state index contributed by atoms with van der Waals surface area (Å²) in [4.78, 5) is 0. The second-order valence-electron chi connectivity index (χ2n) is 2.24. The number of benzene rings is 1. The Kier molecular flexibility index (Phi) is 1.85. The number of rotatable bonds is 0. The van der Waals surface area contributed by atoms with Crippen molar-refractivity contribution < 1.29 is 4.52 Å². The summed E-state index contributed by atoms with van der Waals surface area (Å²) in [5.41, 5.74) is 1.10. The van der Waals surface area contributed by atoms with Gasteiger partial charge in [-0.2, -0.15) is 0 Å². The van der Waals surface area contributed by atoms with E-state index in [2.05, 4.69) is 0 Å². The molecule has 0 N–H and O–H groups in total. The van der Waals surface area contributed by atoms with E-state index in [0.717, 1.165) is 16.3 Å². The third-order valence-corrected chi connectivity index (χ3v) is 2.35. The van der Waals surface area contributed by atoms with E-state index in [0.29, 0.717) is 8.81 Å². The molecule has 2 rings (SSSR count). The average molecular weight is 185 g/mol. The zero-order chi connectivity index (χ0) is 7.68. The van der Waals surface area contributed by atoms with Crippen LogP contribution in [0.15, 0.2) is 24.0 Å². The van der Waals surface area contributed by atoms with E-state index in [9.17, 15) is 0 Å². The minimum Gasteiger partial charge on any atom is -0.472 e. The van der Waals surface area contributed by atoms with Gasteiger partial charge in [0.1, 0.15) is 5.75 Å². The van der Waals surface area contributed by atoms with Crippen LogP contribution in [0.25, 0.3) is 6.08 Å². The molecule has 11 heavy (non-hydrogen) atoms. The van der Waals surface area contributed by atoms with Gasteiger partial charge in [-0.3, -0.25) is 0 Å². The van der Waals surface area contributed by atoms with Crippen LogP contribution >= 0.6 is 20.4 Å². The summed E-state index contributed by atoms with van der Waals surface area (Å²) in [7, 11) is 0.426. The summed E-state index contributed by atoms with van der Waals surface area (Å²) in [5.74, 6) is 2.90. The van der Waals surface area contributed by atoms with Crippen LogP contribution in [0.5, 0.6) is 5.75 Å². The summed E-state index contributed by atoms with van der Waals surface area (Å²) in [6.07, 6.45) is 2.05. The zero-order valence-electron chi connectivity index (χ0n) is 5.67. The van der Waals surface area contributed by atoms with Crippen molar-refractivity contribution in [1.82, 2.24) is 0 Å². The van der Waals surface area contributed by atoms with Gasteiger partial charge in [0, 0.05) is 10.6 Å². The van der Waals surface area contributed by atoms with Crippen LogP contribution in [0.1, 0.15) is 5.56 Å². The Labute approximate surface area is 71.9 Å². The maximum atomic E-state index is 5.78. The molecular formula is C8H6ClOP. The van der Waals surface area contributed by atoms with Crippen LogP contribution in [0, 0.1) is 0 Å². The van der Waals surface area contributed by atoms with Crippen molar-refractivity contribution in [1.29, 1.82) is 0 Å². The van der Waals surface area contributed by atoms with Crippen LogP contribution in [0.4, 0.5) is 0 Å². The van der Waals surface area contributed by atoms with Gasteiger partial charge in [-0.15, -0.1) is 0 Å². The summed E-state index contributed by atoms with van der Waals surface area (Å²) >= 11 is 5.78. The van der Waals surface area contributed by atoms with E-state index in [-0.39, 0.29) is 0 Å². The molecule has 1 aliphatic rings. The number of fused-ring (bicyclic) bond motifs is 1. The molecule has 1 atom stereocenters. The van der Waals surface area contributed by atoms with E-state index < -0.39 is 0 Å². The lowest BCUT2D eigenvalue weighted by Gasteiger charge is -2.10. The second kappa shape index (κ2) is 2.84. The Morgan fingerprint density at radius 3 is 3.18 bits per heavy atom. The van der Waals surface area contributed by atoms with Crippen molar-refractivity contribution >= 4 is 26.5 Å². The van der Waals surface area contributed by atoms with E-state index >= 15 is 0 Å². The highest BCUT2D eigenvalue weighted by Gasteiger charge is 2.04. The SMILES string of the molecule is Clc1ccc2c(c1)OPC=C2. The lowest BCUT2D eigenvalue weighted by atomic mass is 10.2. The molecule has 1 aromatic rings. The first-order chi connectivity index (χ1) is 5.36. The first-order valence-electron chi connectivity index (χ1n) is 3.25. The Balaban J connectivity index is 2.53. The molecule has 0 fully saturated rings. The van der Waals surface area contributed by atoms with Crippen LogP contribution in [-0.4, -0.2) is 0 Å². The highest BCUT2D eigenvalue weighted by molar-refractivity contribution is 7.37. The Morgan fingerprint density at radius 2 is 2.27 bits per heavy atom. The molecule has 0 saturated carbocycles. The normalized spacial score (nSPS) is 16.1. The molecule has 1 aromatic carbocycles. The molecule has 0 spiro atoms. The molecule has 1 aliphatic heterocycles. The number of hydrogen-bond donors (Lipinski definition) is 0. The zero-order valence-corrected chi connectivity index (χ0v) is 7.43. The topological polar surface area (TPSA) is 9.23 Å². The molecule has 0 saturated heterocycles. The highest BCUT2D eigenvalue weighted by Crippen LogP contribution is 2.34.